The Kier molecular flexibility index (Phi) is 7.26. The molecule has 0 radical (unpaired) electrons. The summed E-state index contributed by atoms with van der Waals surface area (Å²) in [4.78, 5) is 2.48. The first kappa shape index (κ1) is 34.0. The standard InChI is InChI=1S/C59H38N2/c1-2-17-39(18-3-1)41-21-14-22-42(37-41)45-24-8-12-32-54(45)60(55-34-15-20-40-19-4-5-23-44(40)55)43-35-36-56-49(38-43)48-27-16-31-53-58(48)61(56)57-33-13-11-30-52(57)59(53)50-28-9-6-25-46(50)47-26-7-10-29-51(47)59/h1-38H. The van der Waals surface area contributed by atoms with Crippen LogP contribution in [0.2, 0.25) is 0 Å². The highest BCUT2D eigenvalue weighted by molar-refractivity contribution is 6.14. The van der Waals surface area contributed by atoms with Gasteiger partial charge in [0.25, 0.3) is 0 Å². The topological polar surface area (TPSA) is 8.17 Å². The zero-order valence-electron chi connectivity index (χ0n) is 33.3. The molecule has 2 heterocycles. The van der Waals surface area contributed by atoms with Crippen molar-refractivity contribution in [2.45, 2.75) is 5.41 Å². The number of nitrogens with zero attached hydrogens (tertiary/aromatic N) is 2. The number of hydrogen-bond donors (Lipinski definition) is 0. The predicted octanol–water partition coefficient (Wildman–Crippen LogP) is 15.4. The fourth-order valence-corrected chi connectivity index (χ4v) is 10.9. The van der Waals surface area contributed by atoms with Gasteiger partial charge in [-0.05, 0) is 97.9 Å². The van der Waals surface area contributed by atoms with Gasteiger partial charge in [0, 0.05) is 27.4 Å². The van der Waals surface area contributed by atoms with Crippen molar-refractivity contribution in [3.8, 4) is 39.1 Å². The van der Waals surface area contributed by atoms with Gasteiger partial charge in [0.2, 0.25) is 0 Å². The fourth-order valence-electron chi connectivity index (χ4n) is 10.9. The van der Waals surface area contributed by atoms with Crippen LogP contribution in [0.3, 0.4) is 0 Å². The first-order valence-corrected chi connectivity index (χ1v) is 21.2. The van der Waals surface area contributed by atoms with Crippen molar-refractivity contribution in [3.05, 3.63) is 253 Å². The van der Waals surface area contributed by atoms with Crippen LogP contribution >= 0.6 is 0 Å². The van der Waals surface area contributed by atoms with E-state index >= 15 is 0 Å². The van der Waals surface area contributed by atoms with Crippen LogP contribution in [0, 0.1) is 0 Å². The number of hydrogen-bond acceptors (Lipinski definition) is 1. The lowest BCUT2D eigenvalue weighted by Crippen LogP contribution is -2.33. The molecule has 0 saturated heterocycles. The van der Waals surface area contributed by atoms with Crippen LogP contribution in [0.1, 0.15) is 22.3 Å². The predicted molar refractivity (Wildman–Crippen MR) is 255 cm³/mol. The number of rotatable bonds is 5. The zero-order chi connectivity index (χ0) is 40.1. The van der Waals surface area contributed by atoms with E-state index in [1.54, 1.807) is 0 Å². The first-order chi connectivity index (χ1) is 30.3. The Labute approximate surface area is 354 Å². The maximum atomic E-state index is 2.54. The molecule has 10 aromatic carbocycles. The van der Waals surface area contributed by atoms with Crippen LogP contribution in [-0.2, 0) is 5.41 Å². The summed E-state index contributed by atoms with van der Waals surface area (Å²) in [5.74, 6) is 0. The molecule has 2 aliphatic rings. The van der Waals surface area contributed by atoms with Gasteiger partial charge in [-0.25, -0.2) is 0 Å². The Morgan fingerprint density at radius 2 is 0.918 bits per heavy atom. The Morgan fingerprint density at radius 1 is 0.344 bits per heavy atom. The van der Waals surface area contributed by atoms with E-state index < -0.39 is 5.41 Å². The minimum absolute atomic E-state index is 0.446. The van der Waals surface area contributed by atoms with E-state index in [1.807, 2.05) is 0 Å². The molecular formula is C59H38N2. The van der Waals surface area contributed by atoms with E-state index in [-0.39, 0.29) is 0 Å². The van der Waals surface area contributed by atoms with Crippen molar-refractivity contribution in [3.63, 3.8) is 0 Å². The molecule has 0 saturated carbocycles. The lowest BCUT2D eigenvalue weighted by atomic mass is 9.65. The highest BCUT2D eigenvalue weighted by atomic mass is 15.1. The number of fused-ring (bicyclic) bond motifs is 13. The lowest BCUT2D eigenvalue weighted by molar-refractivity contribution is 0.748. The van der Waals surface area contributed by atoms with Gasteiger partial charge >= 0.3 is 0 Å². The molecule has 0 unspecified atom stereocenters. The van der Waals surface area contributed by atoms with Gasteiger partial charge in [0.05, 0.1) is 33.5 Å². The van der Waals surface area contributed by atoms with Crippen LogP contribution < -0.4 is 4.90 Å². The van der Waals surface area contributed by atoms with E-state index in [2.05, 4.69) is 240 Å². The molecule has 0 fully saturated rings. The van der Waals surface area contributed by atoms with Crippen molar-refractivity contribution in [1.29, 1.82) is 0 Å². The highest BCUT2D eigenvalue weighted by Gasteiger charge is 2.50. The van der Waals surface area contributed by atoms with Crippen molar-refractivity contribution in [2.75, 3.05) is 4.90 Å². The van der Waals surface area contributed by atoms with Crippen LogP contribution in [0.15, 0.2) is 231 Å². The SMILES string of the molecule is c1ccc(-c2cccc(-c3ccccc3N(c3ccc4c(c3)c3cccc5c3n4-c3ccccc3C53c4ccccc4-c4ccccc43)c3cccc4ccccc34)c2)cc1. The summed E-state index contributed by atoms with van der Waals surface area (Å²) in [6.07, 6.45) is 0. The molecule has 13 rings (SSSR count). The molecule has 61 heavy (non-hydrogen) atoms. The normalized spacial score (nSPS) is 13.0. The quantitative estimate of drug-likeness (QED) is 0.169. The number of para-hydroxylation sites is 3. The van der Waals surface area contributed by atoms with Crippen LogP contribution in [0.25, 0.3) is 71.6 Å². The maximum Gasteiger partial charge on any atom is 0.0754 e. The molecule has 0 atom stereocenters. The molecular weight excluding hydrogens is 737 g/mol. The average molecular weight is 775 g/mol. The molecule has 1 aliphatic heterocycles. The third-order valence-electron chi connectivity index (χ3n) is 13.4. The molecule has 0 bridgehead atoms. The van der Waals surface area contributed by atoms with E-state index in [9.17, 15) is 0 Å². The van der Waals surface area contributed by atoms with Gasteiger partial charge in [-0.15, -0.1) is 0 Å². The Hall–Kier alpha value is -7.94. The molecule has 1 aliphatic carbocycles. The molecule has 2 nitrogen and oxygen atoms in total. The third-order valence-corrected chi connectivity index (χ3v) is 13.4. The number of aromatic nitrogens is 1. The molecule has 2 heteroatoms. The summed E-state index contributed by atoms with van der Waals surface area (Å²) in [5, 5.41) is 4.90. The second-order valence-corrected chi connectivity index (χ2v) is 16.4. The monoisotopic (exact) mass is 774 g/mol. The second-order valence-electron chi connectivity index (χ2n) is 16.4. The van der Waals surface area contributed by atoms with Gasteiger partial charge in [0.1, 0.15) is 0 Å². The van der Waals surface area contributed by atoms with Gasteiger partial charge in [0.15, 0.2) is 0 Å². The zero-order valence-corrected chi connectivity index (χ0v) is 33.3. The minimum Gasteiger partial charge on any atom is -0.309 e. The molecule has 284 valence electrons. The van der Waals surface area contributed by atoms with E-state index in [1.165, 1.54) is 93.9 Å². The highest BCUT2D eigenvalue weighted by Crippen LogP contribution is 2.61. The Morgan fingerprint density at radius 3 is 1.75 bits per heavy atom. The molecule has 0 N–H and O–H groups in total. The average Bonchev–Trinajstić information content (AvgIpc) is 3.82. The maximum absolute atomic E-state index is 2.54. The van der Waals surface area contributed by atoms with E-state index in [0.29, 0.717) is 0 Å². The van der Waals surface area contributed by atoms with Gasteiger partial charge in [-0.3, -0.25) is 0 Å². The summed E-state index contributed by atoms with van der Waals surface area (Å²) < 4.78 is 2.54. The lowest BCUT2D eigenvalue weighted by Gasteiger charge is -2.39. The third kappa shape index (κ3) is 4.73. The van der Waals surface area contributed by atoms with Crippen LogP contribution in [0.4, 0.5) is 17.1 Å². The van der Waals surface area contributed by atoms with Crippen LogP contribution in [-0.4, -0.2) is 4.57 Å². The van der Waals surface area contributed by atoms with Crippen molar-refractivity contribution in [1.82, 2.24) is 4.57 Å². The van der Waals surface area contributed by atoms with Crippen LogP contribution in [0.5, 0.6) is 0 Å². The summed E-state index contributed by atoms with van der Waals surface area (Å²) in [6, 6.07) is 85.3. The number of benzene rings is 10. The van der Waals surface area contributed by atoms with Crippen molar-refractivity contribution in [2.24, 2.45) is 0 Å². The van der Waals surface area contributed by atoms with E-state index in [0.717, 1.165) is 17.1 Å². The second kappa shape index (κ2) is 13.0. The van der Waals surface area contributed by atoms with Crippen molar-refractivity contribution < 1.29 is 0 Å². The summed E-state index contributed by atoms with van der Waals surface area (Å²) in [7, 11) is 0. The fraction of sp³-hybridized carbons (Fsp3) is 0.0169. The summed E-state index contributed by atoms with van der Waals surface area (Å²) in [5.41, 5.74) is 19.4. The molecule has 11 aromatic rings. The first-order valence-electron chi connectivity index (χ1n) is 21.2. The molecule has 1 aromatic heterocycles. The minimum atomic E-state index is -0.446. The summed E-state index contributed by atoms with van der Waals surface area (Å²) >= 11 is 0. The molecule has 1 spiro atoms. The van der Waals surface area contributed by atoms with Gasteiger partial charge < -0.3 is 9.47 Å². The molecule has 0 amide bonds. The Bertz CT molecular complexity index is 3500. The largest absolute Gasteiger partial charge is 0.309 e. The van der Waals surface area contributed by atoms with Gasteiger partial charge in [-0.2, -0.15) is 0 Å². The summed E-state index contributed by atoms with van der Waals surface area (Å²) in [6.45, 7) is 0. The number of anilines is 3. The van der Waals surface area contributed by atoms with E-state index in [4.69, 9.17) is 0 Å². The van der Waals surface area contributed by atoms with Gasteiger partial charge in [-0.1, -0.05) is 188 Å². The smallest absolute Gasteiger partial charge is 0.0754 e. The Balaban J connectivity index is 1.09. The van der Waals surface area contributed by atoms with Crippen molar-refractivity contribution >= 4 is 49.6 Å².